The summed E-state index contributed by atoms with van der Waals surface area (Å²) >= 11 is 0. The van der Waals surface area contributed by atoms with Gasteiger partial charge >= 0.3 is 5.24 Å². The van der Waals surface area contributed by atoms with Gasteiger partial charge in [-0.25, -0.2) is 8.42 Å². The van der Waals surface area contributed by atoms with Crippen LogP contribution in [0.4, 0.5) is 10.5 Å². The lowest BCUT2D eigenvalue weighted by molar-refractivity contribution is 0.262. The number of para-hydroxylation sites is 2. The summed E-state index contributed by atoms with van der Waals surface area (Å²) in [5.74, 6) is 0.799. The molecule has 1 heterocycles. The van der Waals surface area contributed by atoms with Gasteiger partial charge in [0.05, 0.1) is 12.3 Å². The van der Waals surface area contributed by atoms with Crippen LogP contribution >= 0.6 is 0 Å². The lowest BCUT2D eigenvalue weighted by Crippen LogP contribution is -2.30. The Balaban J connectivity index is 1.65. The third kappa shape index (κ3) is 2.82. The predicted octanol–water partition coefficient (Wildman–Crippen LogP) is 3.18. The highest BCUT2D eigenvalue weighted by molar-refractivity contribution is 8.07. The molecule has 0 radical (unpaired) electrons. The number of sulfone groups is 1. The highest BCUT2D eigenvalue weighted by atomic mass is 32.2. The molecule has 0 spiro atoms. The van der Waals surface area contributed by atoms with Gasteiger partial charge in [-0.05, 0) is 37.1 Å². The van der Waals surface area contributed by atoms with E-state index in [1.807, 2.05) is 31.2 Å². The first-order chi connectivity index (χ1) is 11.0. The molecule has 0 unspecified atom stereocenters. The van der Waals surface area contributed by atoms with Gasteiger partial charge in [0.1, 0.15) is 10.6 Å². The monoisotopic (exact) mass is 331 g/mol. The minimum absolute atomic E-state index is 0.0878. The van der Waals surface area contributed by atoms with E-state index in [9.17, 15) is 13.2 Å². The third-order valence-electron chi connectivity index (χ3n) is 3.77. The standard InChI is InChI=1S/C17H17NO4S/c1-13-7-2-4-9-15(13)22-12-6-11-18-14-8-3-5-10-16(14)23(20,21)17(18)19/h2-5,7-10H,6,11-12H2,1H3. The van der Waals surface area contributed by atoms with Crippen molar-refractivity contribution < 1.29 is 17.9 Å². The molecule has 0 fully saturated rings. The summed E-state index contributed by atoms with van der Waals surface area (Å²) < 4.78 is 29.8. The zero-order valence-corrected chi connectivity index (χ0v) is 13.5. The summed E-state index contributed by atoms with van der Waals surface area (Å²) in [7, 11) is -3.88. The van der Waals surface area contributed by atoms with Crippen LogP contribution in [0.25, 0.3) is 0 Å². The molecule has 120 valence electrons. The zero-order chi connectivity index (χ0) is 16.4. The van der Waals surface area contributed by atoms with Crippen LogP contribution in [-0.4, -0.2) is 26.8 Å². The van der Waals surface area contributed by atoms with Gasteiger partial charge in [0.2, 0.25) is 0 Å². The van der Waals surface area contributed by atoms with Crippen LogP contribution in [0.5, 0.6) is 5.75 Å². The first kappa shape index (κ1) is 15.6. The lowest BCUT2D eigenvalue weighted by Gasteiger charge is -2.16. The average molecular weight is 331 g/mol. The first-order valence-electron chi connectivity index (χ1n) is 7.36. The maximum absolute atomic E-state index is 12.1. The molecule has 0 atom stereocenters. The van der Waals surface area contributed by atoms with Gasteiger partial charge in [-0.3, -0.25) is 9.69 Å². The van der Waals surface area contributed by atoms with Gasteiger partial charge in [0.25, 0.3) is 9.84 Å². The van der Waals surface area contributed by atoms with E-state index < -0.39 is 15.1 Å². The van der Waals surface area contributed by atoms with Crippen LogP contribution < -0.4 is 9.64 Å². The Morgan fingerprint density at radius 3 is 2.52 bits per heavy atom. The van der Waals surface area contributed by atoms with Crippen molar-refractivity contribution in [3.05, 3.63) is 54.1 Å². The van der Waals surface area contributed by atoms with Gasteiger partial charge in [-0.2, -0.15) is 0 Å². The number of hydrogen-bond acceptors (Lipinski definition) is 4. The number of amides is 1. The highest BCUT2D eigenvalue weighted by Gasteiger charge is 2.41. The molecule has 1 aliphatic rings. The average Bonchev–Trinajstić information content (AvgIpc) is 2.74. The van der Waals surface area contributed by atoms with Crippen molar-refractivity contribution in [1.82, 2.24) is 0 Å². The Bertz CT molecular complexity index is 845. The largest absolute Gasteiger partial charge is 0.493 e. The van der Waals surface area contributed by atoms with E-state index in [4.69, 9.17) is 4.74 Å². The smallest absolute Gasteiger partial charge is 0.348 e. The van der Waals surface area contributed by atoms with E-state index in [0.29, 0.717) is 25.3 Å². The fraction of sp³-hybridized carbons (Fsp3) is 0.235. The van der Waals surface area contributed by atoms with Gasteiger partial charge in [-0.15, -0.1) is 0 Å². The van der Waals surface area contributed by atoms with Crippen molar-refractivity contribution >= 4 is 20.8 Å². The number of nitrogens with zero attached hydrogens (tertiary/aromatic N) is 1. The van der Waals surface area contributed by atoms with Crippen molar-refractivity contribution in [1.29, 1.82) is 0 Å². The van der Waals surface area contributed by atoms with Crippen LogP contribution in [0, 0.1) is 6.92 Å². The van der Waals surface area contributed by atoms with Crippen molar-refractivity contribution in [2.75, 3.05) is 18.1 Å². The normalized spacial score (nSPS) is 15.5. The number of carbonyl (C=O) groups is 1. The summed E-state index contributed by atoms with van der Waals surface area (Å²) in [5, 5.41) is -0.852. The third-order valence-corrected chi connectivity index (χ3v) is 5.38. The second kappa shape index (κ2) is 6.04. The quantitative estimate of drug-likeness (QED) is 0.789. The summed E-state index contributed by atoms with van der Waals surface area (Å²) in [6, 6.07) is 14.1. The molecule has 0 N–H and O–H groups in total. The SMILES string of the molecule is Cc1ccccc1OCCCN1C(=O)S(=O)(=O)c2ccccc21. The Morgan fingerprint density at radius 1 is 1.04 bits per heavy atom. The molecule has 5 nitrogen and oxygen atoms in total. The molecule has 6 heteroatoms. The predicted molar refractivity (Wildman–Crippen MR) is 87.7 cm³/mol. The van der Waals surface area contributed by atoms with E-state index in [1.54, 1.807) is 18.2 Å². The van der Waals surface area contributed by atoms with Crippen LogP contribution in [0.1, 0.15) is 12.0 Å². The topological polar surface area (TPSA) is 63.7 Å². The number of hydrogen-bond donors (Lipinski definition) is 0. The van der Waals surface area contributed by atoms with Crippen molar-refractivity contribution in [3.8, 4) is 5.75 Å². The van der Waals surface area contributed by atoms with E-state index in [-0.39, 0.29) is 4.90 Å². The molecule has 2 aromatic rings. The molecule has 0 aromatic heterocycles. The zero-order valence-electron chi connectivity index (χ0n) is 12.7. The van der Waals surface area contributed by atoms with Gasteiger partial charge in [-0.1, -0.05) is 30.3 Å². The van der Waals surface area contributed by atoms with Crippen molar-refractivity contribution in [2.45, 2.75) is 18.2 Å². The molecule has 0 saturated heterocycles. The fourth-order valence-corrected chi connectivity index (χ4v) is 3.96. The summed E-state index contributed by atoms with van der Waals surface area (Å²) in [4.78, 5) is 13.5. The van der Waals surface area contributed by atoms with E-state index in [1.165, 1.54) is 11.0 Å². The minimum atomic E-state index is -3.88. The number of rotatable bonds is 5. The molecule has 1 amide bonds. The number of ether oxygens (including phenoxy) is 1. The Labute approximate surface area is 135 Å². The molecule has 0 aliphatic carbocycles. The second-order valence-electron chi connectivity index (χ2n) is 5.36. The van der Waals surface area contributed by atoms with Crippen LogP contribution in [-0.2, 0) is 9.84 Å². The van der Waals surface area contributed by atoms with Crippen molar-refractivity contribution in [3.63, 3.8) is 0 Å². The number of benzene rings is 2. The van der Waals surface area contributed by atoms with Crippen LogP contribution in [0.15, 0.2) is 53.4 Å². The lowest BCUT2D eigenvalue weighted by atomic mass is 10.2. The molecule has 0 saturated carbocycles. The summed E-state index contributed by atoms with van der Waals surface area (Å²) in [6.07, 6.45) is 0.546. The van der Waals surface area contributed by atoms with Gasteiger partial charge in [0, 0.05) is 6.54 Å². The second-order valence-corrected chi connectivity index (χ2v) is 7.15. The number of fused-ring (bicyclic) bond motifs is 1. The Kier molecular flexibility index (Phi) is 4.09. The van der Waals surface area contributed by atoms with Crippen molar-refractivity contribution in [2.24, 2.45) is 0 Å². The number of anilines is 1. The minimum Gasteiger partial charge on any atom is -0.493 e. The molecule has 3 rings (SSSR count). The molecule has 1 aliphatic heterocycles. The number of carbonyl (C=O) groups excluding carboxylic acids is 1. The molecule has 0 bridgehead atoms. The van der Waals surface area contributed by atoms with E-state index in [0.717, 1.165) is 11.3 Å². The maximum atomic E-state index is 12.1. The van der Waals surface area contributed by atoms with Crippen LogP contribution in [0.2, 0.25) is 0 Å². The molecular weight excluding hydrogens is 314 g/mol. The number of aryl methyl sites for hydroxylation is 1. The van der Waals surface area contributed by atoms with Gasteiger partial charge in [0.15, 0.2) is 0 Å². The Morgan fingerprint density at radius 2 is 1.74 bits per heavy atom. The molecular formula is C17H17NO4S. The summed E-state index contributed by atoms with van der Waals surface area (Å²) in [5.41, 5.74) is 1.49. The Hall–Kier alpha value is -2.34. The molecule has 23 heavy (non-hydrogen) atoms. The van der Waals surface area contributed by atoms with Gasteiger partial charge < -0.3 is 4.74 Å². The maximum Gasteiger partial charge on any atom is 0.348 e. The van der Waals surface area contributed by atoms with E-state index >= 15 is 0 Å². The van der Waals surface area contributed by atoms with Crippen LogP contribution in [0.3, 0.4) is 0 Å². The van der Waals surface area contributed by atoms with E-state index in [2.05, 4.69) is 0 Å². The summed E-state index contributed by atoms with van der Waals surface area (Å²) in [6.45, 7) is 2.68. The fourth-order valence-electron chi connectivity index (χ4n) is 2.58. The first-order valence-corrected chi connectivity index (χ1v) is 8.84. The highest BCUT2D eigenvalue weighted by Crippen LogP contribution is 2.35. The molecule has 2 aromatic carbocycles.